The predicted molar refractivity (Wildman–Crippen MR) is 140 cm³/mol. The molecule has 4 atom stereocenters. The van der Waals surface area contributed by atoms with Gasteiger partial charge >= 0.3 is 0 Å². The third-order valence-corrected chi connectivity index (χ3v) is 9.78. The van der Waals surface area contributed by atoms with Crippen molar-refractivity contribution in [3.63, 3.8) is 0 Å². The van der Waals surface area contributed by atoms with Crippen molar-refractivity contribution in [1.82, 2.24) is 4.90 Å². The molecule has 0 spiro atoms. The lowest BCUT2D eigenvalue weighted by Gasteiger charge is -2.40. The Labute approximate surface area is 214 Å². The van der Waals surface area contributed by atoms with E-state index < -0.39 is 21.3 Å². The molecule has 36 heavy (non-hydrogen) atoms. The van der Waals surface area contributed by atoms with E-state index in [-0.39, 0.29) is 29.2 Å². The molecule has 2 aromatic carbocycles. The Balaban J connectivity index is 0.000000179. The number of hydrogen-bond donors (Lipinski definition) is 2. The number of hydrogen-bond acceptors (Lipinski definition) is 6. The van der Waals surface area contributed by atoms with Crippen LogP contribution in [0.15, 0.2) is 65.8 Å². The molecule has 3 aliphatic rings. The summed E-state index contributed by atoms with van der Waals surface area (Å²) >= 11 is 0. The van der Waals surface area contributed by atoms with Crippen molar-refractivity contribution in [2.75, 3.05) is 12.8 Å². The minimum absolute atomic E-state index is 0.0152. The highest BCUT2D eigenvalue weighted by Gasteiger charge is 2.65. The van der Waals surface area contributed by atoms with Crippen LogP contribution >= 0.6 is 0 Å². The molecule has 1 aliphatic heterocycles. The summed E-state index contributed by atoms with van der Waals surface area (Å²) in [5.41, 5.74) is 2.28. The minimum atomic E-state index is -4.08. The van der Waals surface area contributed by atoms with Crippen LogP contribution in [-0.2, 0) is 14.9 Å². The average Bonchev–Trinajstić information content (AvgIpc) is 3.19. The van der Waals surface area contributed by atoms with Crippen LogP contribution < -0.4 is 0 Å². The third-order valence-electron chi connectivity index (χ3n) is 8.92. The fourth-order valence-electron chi connectivity index (χ4n) is 6.59. The quantitative estimate of drug-likeness (QED) is 0.327. The molecule has 194 valence electrons. The third kappa shape index (κ3) is 4.99. The fourth-order valence-corrected chi connectivity index (χ4v) is 7.89. The maximum Gasteiger partial charge on any atom is 0.265 e. The van der Waals surface area contributed by atoms with Crippen LogP contribution in [-0.4, -0.2) is 47.4 Å². The standard InChI is InChI=1S/C18H20N2O.C10H16O4S/c1-20-17(14-8-4-2-5-9-14)12-16(19-21)13-18(20)15-10-6-3-7-11-15;1-9(2)7-3-4-10(9,8(11)5-7)6-15(12,13)14/h2-11,17-18,21H,12-13H2,1H3;7H,3-6H2,1-2H3,(H,12,13,14). The summed E-state index contributed by atoms with van der Waals surface area (Å²) < 4.78 is 31.0. The summed E-state index contributed by atoms with van der Waals surface area (Å²) in [6, 6.07) is 21.4. The molecular formula is C28H36N2O5S. The second-order valence-corrected chi connectivity index (χ2v) is 12.4. The van der Waals surface area contributed by atoms with Crippen LogP contribution in [0, 0.1) is 16.7 Å². The van der Waals surface area contributed by atoms with Gasteiger partial charge in [-0.2, -0.15) is 8.42 Å². The minimum Gasteiger partial charge on any atom is -0.411 e. The van der Waals surface area contributed by atoms with Gasteiger partial charge in [0.05, 0.1) is 16.9 Å². The number of carbonyl (C=O) groups excluding carboxylic acids is 1. The Morgan fingerprint density at radius 2 is 1.44 bits per heavy atom. The molecule has 3 fully saturated rings. The van der Waals surface area contributed by atoms with Gasteiger partial charge < -0.3 is 5.21 Å². The van der Waals surface area contributed by atoms with E-state index in [4.69, 9.17) is 4.55 Å². The first-order valence-corrected chi connectivity index (χ1v) is 14.1. The highest BCUT2D eigenvalue weighted by atomic mass is 32.2. The molecule has 0 aromatic heterocycles. The van der Waals surface area contributed by atoms with Crippen LogP contribution in [0.3, 0.4) is 0 Å². The number of oxime groups is 1. The van der Waals surface area contributed by atoms with Gasteiger partial charge in [-0.1, -0.05) is 79.7 Å². The van der Waals surface area contributed by atoms with Gasteiger partial charge in [0.2, 0.25) is 0 Å². The summed E-state index contributed by atoms with van der Waals surface area (Å²) in [6.45, 7) is 3.89. The lowest BCUT2D eigenvalue weighted by Crippen LogP contribution is -2.42. The Hall–Kier alpha value is -2.55. The van der Waals surface area contributed by atoms with Crippen molar-refractivity contribution >= 4 is 21.6 Å². The Morgan fingerprint density at radius 1 is 0.944 bits per heavy atom. The van der Waals surface area contributed by atoms with Gasteiger partial charge in [0.15, 0.2) is 0 Å². The fraction of sp³-hybridized carbons (Fsp3) is 0.500. The summed E-state index contributed by atoms with van der Waals surface area (Å²) in [6.07, 6.45) is 3.53. The maximum absolute atomic E-state index is 11.9. The Kier molecular flexibility index (Phi) is 7.42. The van der Waals surface area contributed by atoms with E-state index in [2.05, 4.69) is 65.6 Å². The van der Waals surface area contributed by atoms with Crippen LogP contribution in [0.2, 0.25) is 0 Å². The molecule has 5 rings (SSSR count). The van der Waals surface area contributed by atoms with Gasteiger partial charge in [0.1, 0.15) is 5.78 Å². The first-order valence-electron chi connectivity index (χ1n) is 12.5. The Bertz CT molecular complexity index is 1160. The van der Waals surface area contributed by atoms with Crippen molar-refractivity contribution in [2.24, 2.45) is 21.9 Å². The summed E-state index contributed by atoms with van der Waals surface area (Å²) in [5.74, 6) is -0.101. The summed E-state index contributed by atoms with van der Waals surface area (Å²) in [7, 11) is -1.92. The van der Waals surface area contributed by atoms with Crippen molar-refractivity contribution in [1.29, 1.82) is 0 Å². The smallest absolute Gasteiger partial charge is 0.265 e. The van der Waals surface area contributed by atoms with Gasteiger partial charge in [-0.25, -0.2) is 0 Å². The van der Waals surface area contributed by atoms with Gasteiger partial charge in [-0.05, 0) is 42.3 Å². The van der Waals surface area contributed by atoms with Crippen molar-refractivity contribution in [3.8, 4) is 0 Å². The zero-order chi connectivity index (χ0) is 26.1. The number of rotatable bonds is 4. The SMILES string of the molecule is CC1(C)C2CCC1(CS(=O)(=O)O)C(=O)C2.CN1C(c2ccccc2)CC(=NO)CC1c1ccccc1. The summed E-state index contributed by atoms with van der Waals surface area (Å²) in [5, 5.41) is 12.8. The van der Waals surface area contributed by atoms with Gasteiger partial charge in [-0.15, -0.1) is 0 Å². The molecule has 1 saturated heterocycles. The molecular weight excluding hydrogens is 476 g/mol. The largest absolute Gasteiger partial charge is 0.411 e. The monoisotopic (exact) mass is 512 g/mol. The van der Waals surface area contributed by atoms with Crippen LogP contribution in [0.5, 0.6) is 0 Å². The number of likely N-dealkylation sites (tertiary alicyclic amines) is 1. The average molecular weight is 513 g/mol. The van der Waals surface area contributed by atoms with Gasteiger partial charge in [0, 0.05) is 31.3 Å². The molecule has 2 aliphatic carbocycles. The van der Waals surface area contributed by atoms with E-state index in [1.165, 1.54) is 11.1 Å². The normalized spacial score (nSPS) is 29.5. The molecule has 1 heterocycles. The maximum atomic E-state index is 11.9. The molecule has 0 amide bonds. The molecule has 4 unspecified atom stereocenters. The molecule has 2 aromatic rings. The number of ketones is 1. The lowest BCUT2D eigenvalue weighted by atomic mass is 9.70. The zero-order valence-electron chi connectivity index (χ0n) is 21.2. The van der Waals surface area contributed by atoms with Crippen LogP contribution in [0.25, 0.3) is 0 Å². The number of carbonyl (C=O) groups is 1. The van der Waals surface area contributed by atoms with E-state index in [1.807, 2.05) is 26.0 Å². The van der Waals surface area contributed by atoms with Crippen molar-refractivity contribution in [2.45, 2.75) is 58.0 Å². The molecule has 2 bridgehead atoms. The molecule has 2 saturated carbocycles. The number of benzene rings is 2. The van der Waals surface area contributed by atoms with Crippen LogP contribution in [0.4, 0.5) is 0 Å². The second kappa shape index (κ2) is 10.1. The first kappa shape index (κ1) is 26.5. The highest BCUT2D eigenvalue weighted by Crippen LogP contribution is 2.64. The molecule has 8 heteroatoms. The van der Waals surface area contributed by atoms with Crippen LogP contribution in [0.1, 0.15) is 69.2 Å². The highest BCUT2D eigenvalue weighted by molar-refractivity contribution is 7.85. The molecule has 0 radical (unpaired) electrons. The molecule has 2 N–H and O–H groups in total. The van der Waals surface area contributed by atoms with E-state index >= 15 is 0 Å². The topological polar surface area (TPSA) is 107 Å². The lowest BCUT2D eigenvalue weighted by molar-refractivity contribution is -0.128. The molecule has 7 nitrogen and oxygen atoms in total. The van der Waals surface area contributed by atoms with Gasteiger partial charge in [0.25, 0.3) is 10.1 Å². The van der Waals surface area contributed by atoms with Gasteiger partial charge in [-0.3, -0.25) is 14.2 Å². The first-order chi connectivity index (χ1) is 17.0. The number of fused-ring (bicyclic) bond motifs is 2. The number of piperidine rings is 1. The van der Waals surface area contributed by atoms with Crippen molar-refractivity contribution in [3.05, 3.63) is 71.8 Å². The Morgan fingerprint density at radius 3 is 1.81 bits per heavy atom. The van der Waals surface area contributed by atoms with E-state index in [1.54, 1.807) is 0 Å². The number of Topliss-reactive ketones (excluding diaryl/α,β-unsaturated/α-hetero) is 1. The number of nitrogens with zero attached hydrogens (tertiary/aromatic N) is 2. The summed E-state index contributed by atoms with van der Waals surface area (Å²) in [4.78, 5) is 14.3. The van der Waals surface area contributed by atoms with E-state index in [0.29, 0.717) is 12.8 Å². The zero-order valence-corrected chi connectivity index (χ0v) is 22.0. The van der Waals surface area contributed by atoms with E-state index in [9.17, 15) is 18.4 Å². The predicted octanol–water partition coefficient (Wildman–Crippen LogP) is 5.29. The van der Waals surface area contributed by atoms with E-state index in [0.717, 1.165) is 25.0 Å². The van der Waals surface area contributed by atoms with Crippen molar-refractivity contribution < 1.29 is 23.0 Å². The second-order valence-electron chi connectivity index (χ2n) is 11.0.